The van der Waals surface area contributed by atoms with Crippen LogP contribution >= 0.6 is 11.3 Å². The molecule has 5 nitrogen and oxygen atoms in total. The summed E-state index contributed by atoms with van der Waals surface area (Å²) in [5.41, 5.74) is 3.10. The predicted octanol–water partition coefficient (Wildman–Crippen LogP) is 3.75. The average molecular weight is 368 g/mol. The number of aromatic nitrogens is 2. The number of thiazole rings is 1. The molecular formula is C20H22N3O2S+. The van der Waals surface area contributed by atoms with Gasteiger partial charge in [0.05, 0.1) is 19.2 Å². The first-order valence-electron chi connectivity index (χ1n) is 8.42. The van der Waals surface area contributed by atoms with E-state index in [9.17, 15) is 4.79 Å². The number of hydrogen-bond acceptors (Lipinski definition) is 4. The molecule has 3 rings (SSSR count). The van der Waals surface area contributed by atoms with E-state index < -0.39 is 0 Å². The Labute approximate surface area is 157 Å². The minimum atomic E-state index is -0.0342. The van der Waals surface area contributed by atoms with Crippen molar-refractivity contribution in [2.24, 2.45) is 0 Å². The molecule has 0 radical (unpaired) electrons. The Bertz CT molecular complexity index is 886. The van der Waals surface area contributed by atoms with Gasteiger partial charge in [-0.25, -0.2) is 9.55 Å². The SMILES string of the molecule is COc1ccc(-c2nc(NC(=O)CC[n+]3ccc(C)cc3)sc2C)cc1. The molecule has 1 N–H and O–H groups in total. The van der Waals surface area contributed by atoms with Crippen LogP contribution in [0, 0.1) is 13.8 Å². The predicted molar refractivity (Wildman–Crippen MR) is 103 cm³/mol. The molecule has 1 amide bonds. The van der Waals surface area contributed by atoms with Gasteiger partial charge in [0.15, 0.2) is 24.1 Å². The molecule has 0 aliphatic heterocycles. The van der Waals surface area contributed by atoms with Crippen LogP contribution in [0.1, 0.15) is 16.9 Å². The number of benzene rings is 1. The second kappa shape index (κ2) is 8.10. The Balaban J connectivity index is 1.62. The Kier molecular flexibility index (Phi) is 5.63. The maximum atomic E-state index is 12.2. The van der Waals surface area contributed by atoms with E-state index in [4.69, 9.17) is 4.74 Å². The summed E-state index contributed by atoms with van der Waals surface area (Å²) in [6.07, 6.45) is 4.38. The van der Waals surface area contributed by atoms with E-state index in [-0.39, 0.29) is 5.91 Å². The number of carbonyl (C=O) groups excluding carboxylic acids is 1. The third-order valence-electron chi connectivity index (χ3n) is 4.06. The minimum Gasteiger partial charge on any atom is -0.497 e. The van der Waals surface area contributed by atoms with E-state index in [1.807, 2.05) is 67.2 Å². The van der Waals surface area contributed by atoms with E-state index in [1.165, 1.54) is 16.9 Å². The van der Waals surface area contributed by atoms with Crippen molar-refractivity contribution in [2.75, 3.05) is 12.4 Å². The van der Waals surface area contributed by atoms with Gasteiger partial charge in [-0.2, -0.15) is 0 Å². The molecular weight excluding hydrogens is 346 g/mol. The van der Waals surface area contributed by atoms with Gasteiger partial charge < -0.3 is 10.1 Å². The molecule has 3 aromatic rings. The lowest BCUT2D eigenvalue weighted by Gasteiger charge is -2.02. The number of ether oxygens (including phenoxy) is 1. The number of nitrogens with one attached hydrogen (secondary N) is 1. The number of amides is 1. The standard InChI is InChI=1S/C20H21N3O2S/c1-14-8-11-23(12-9-14)13-10-18(24)21-20-22-19(15(2)26-20)16-4-6-17(25-3)7-5-16/h4-9,11-12H,10,13H2,1-3H3/p+1. The highest BCUT2D eigenvalue weighted by atomic mass is 32.1. The maximum Gasteiger partial charge on any atom is 0.232 e. The molecule has 0 bridgehead atoms. The summed E-state index contributed by atoms with van der Waals surface area (Å²) >= 11 is 1.49. The van der Waals surface area contributed by atoms with Crippen LogP contribution in [0.3, 0.4) is 0 Å². The zero-order valence-electron chi connectivity index (χ0n) is 15.2. The summed E-state index contributed by atoms with van der Waals surface area (Å²) in [5, 5.41) is 3.54. The quantitative estimate of drug-likeness (QED) is 0.674. The molecule has 6 heteroatoms. The second-order valence-corrected chi connectivity index (χ2v) is 7.27. The highest BCUT2D eigenvalue weighted by molar-refractivity contribution is 7.16. The number of nitrogens with zero attached hydrogens (tertiary/aromatic N) is 2. The van der Waals surface area contributed by atoms with Crippen LogP contribution in [-0.4, -0.2) is 18.0 Å². The Hall–Kier alpha value is -2.73. The third-order valence-corrected chi connectivity index (χ3v) is 4.95. The normalized spacial score (nSPS) is 10.6. The Morgan fingerprint density at radius 3 is 2.50 bits per heavy atom. The van der Waals surface area contributed by atoms with Crippen molar-refractivity contribution in [1.82, 2.24) is 4.98 Å². The topological polar surface area (TPSA) is 55.1 Å². The van der Waals surface area contributed by atoms with Gasteiger partial charge in [0.1, 0.15) is 5.75 Å². The summed E-state index contributed by atoms with van der Waals surface area (Å²) in [5.74, 6) is 0.775. The van der Waals surface area contributed by atoms with Crippen molar-refractivity contribution in [1.29, 1.82) is 0 Å². The van der Waals surface area contributed by atoms with Crippen LogP contribution in [0.25, 0.3) is 11.3 Å². The molecule has 0 aliphatic carbocycles. The summed E-state index contributed by atoms with van der Waals surface area (Å²) in [6, 6.07) is 11.8. The first kappa shape index (κ1) is 18.1. The molecule has 0 saturated carbocycles. The maximum absolute atomic E-state index is 12.2. The fourth-order valence-electron chi connectivity index (χ4n) is 2.56. The highest BCUT2D eigenvalue weighted by Crippen LogP contribution is 2.31. The van der Waals surface area contributed by atoms with Crippen molar-refractivity contribution in [3.63, 3.8) is 0 Å². The van der Waals surface area contributed by atoms with Gasteiger partial charge in [-0.1, -0.05) is 0 Å². The zero-order chi connectivity index (χ0) is 18.5. The number of methoxy groups -OCH3 is 1. The molecule has 0 fully saturated rings. The summed E-state index contributed by atoms with van der Waals surface area (Å²) in [4.78, 5) is 17.9. The molecule has 0 aliphatic rings. The van der Waals surface area contributed by atoms with Gasteiger partial charge in [0, 0.05) is 22.6 Å². The summed E-state index contributed by atoms with van der Waals surface area (Å²) in [7, 11) is 1.64. The van der Waals surface area contributed by atoms with Crippen molar-refractivity contribution in [2.45, 2.75) is 26.8 Å². The van der Waals surface area contributed by atoms with Crippen molar-refractivity contribution >= 4 is 22.4 Å². The van der Waals surface area contributed by atoms with Crippen molar-refractivity contribution in [3.05, 3.63) is 59.2 Å². The molecule has 2 heterocycles. The van der Waals surface area contributed by atoms with E-state index >= 15 is 0 Å². The molecule has 0 atom stereocenters. The van der Waals surface area contributed by atoms with Gasteiger partial charge >= 0.3 is 0 Å². The van der Waals surface area contributed by atoms with Crippen LogP contribution in [0.5, 0.6) is 5.75 Å². The van der Waals surface area contributed by atoms with Crippen LogP contribution < -0.4 is 14.6 Å². The Morgan fingerprint density at radius 2 is 1.85 bits per heavy atom. The monoisotopic (exact) mass is 368 g/mol. The molecule has 134 valence electrons. The summed E-state index contributed by atoms with van der Waals surface area (Å²) < 4.78 is 7.19. The van der Waals surface area contributed by atoms with Gasteiger partial charge in [0.2, 0.25) is 5.91 Å². The number of anilines is 1. The number of pyridine rings is 1. The van der Waals surface area contributed by atoms with Gasteiger partial charge in [0.25, 0.3) is 0 Å². The first-order chi connectivity index (χ1) is 12.5. The number of hydrogen-bond donors (Lipinski definition) is 1. The van der Waals surface area contributed by atoms with E-state index in [0.717, 1.165) is 21.9 Å². The van der Waals surface area contributed by atoms with Gasteiger partial charge in [-0.3, -0.25) is 4.79 Å². The Morgan fingerprint density at radius 1 is 1.15 bits per heavy atom. The molecule has 0 unspecified atom stereocenters. The second-order valence-electron chi connectivity index (χ2n) is 6.06. The van der Waals surface area contributed by atoms with Crippen molar-refractivity contribution in [3.8, 4) is 17.0 Å². The fourth-order valence-corrected chi connectivity index (χ4v) is 3.41. The fraction of sp³-hybridized carbons (Fsp3) is 0.250. The molecule has 0 saturated heterocycles. The highest BCUT2D eigenvalue weighted by Gasteiger charge is 2.13. The van der Waals surface area contributed by atoms with E-state index in [1.54, 1.807) is 7.11 Å². The zero-order valence-corrected chi connectivity index (χ0v) is 16.0. The lowest BCUT2D eigenvalue weighted by molar-refractivity contribution is -0.695. The van der Waals surface area contributed by atoms with Crippen LogP contribution in [-0.2, 0) is 11.3 Å². The average Bonchev–Trinajstić information content (AvgIpc) is 3.01. The first-order valence-corrected chi connectivity index (χ1v) is 9.24. The minimum absolute atomic E-state index is 0.0342. The van der Waals surface area contributed by atoms with E-state index in [2.05, 4.69) is 10.3 Å². The van der Waals surface area contributed by atoms with Gasteiger partial charge in [-0.05, 0) is 43.7 Å². The number of rotatable bonds is 6. The number of carbonyl (C=O) groups is 1. The van der Waals surface area contributed by atoms with E-state index in [0.29, 0.717) is 18.1 Å². The lowest BCUT2D eigenvalue weighted by Crippen LogP contribution is -2.34. The third kappa shape index (κ3) is 4.46. The molecule has 0 spiro atoms. The van der Waals surface area contributed by atoms with Crippen LogP contribution in [0.2, 0.25) is 0 Å². The molecule has 1 aromatic carbocycles. The molecule has 26 heavy (non-hydrogen) atoms. The largest absolute Gasteiger partial charge is 0.497 e. The van der Waals surface area contributed by atoms with Crippen LogP contribution in [0.4, 0.5) is 5.13 Å². The van der Waals surface area contributed by atoms with Gasteiger partial charge in [-0.15, -0.1) is 11.3 Å². The summed E-state index contributed by atoms with van der Waals surface area (Å²) in [6.45, 7) is 4.69. The van der Waals surface area contributed by atoms with Crippen molar-refractivity contribution < 1.29 is 14.1 Å². The number of aryl methyl sites for hydroxylation is 3. The molecule has 2 aromatic heterocycles. The van der Waals surface area contributed by atoms with Crippen LogP contribution in [0.15, 0.2) is 48.8 Å². The smallest absolute Gasteiger partial charge is 0.232 e. The lowest BCUT2D eigenvalue weighted by atomic mass is 10.1.